The Morgan fingerprint density at radius 3 is 2.45 bits per heavy atom. The number of hydrazone groups is 1. The molecule has 2 aromatic carbocycles. The summed E-state index contributed by atoms with van der Waals surface area (Å²) in [5, 5.41) is 15.0. The molecule has 29 heavy (non-hydrogen) atoms. The van der Waals surface area contributed by atoms with Gasteiger partial charge in [-0.15, -0.1) is 0 Å². The third-order valence-electron chi connectivity index (χ3n) is 4.90. The van der Waals surface area contributed by atoms with E-state index in [1.165, 1.54) is 17.7 Å². The summed E-state index contributed by atoms with van der Waals surface area (Å²) in [4.78, 5) is 27.1. The smallest absolute Gasteiger partial charge is 0.270 e. The third kappa shape index (κ3) is 6.20. The van der Waals surface area contributed by atoms with Crippen LogP contribution in [0, 0.1) is 10.1 Å². The minimum Gasteiger partial charge on any atom is -0.297 e. The zero-order valence-electron chi connectivity index (χ0n) is 16.5. The lowest BCUT2D eigenvalue weighted by molar-refractivity contribution is -0.384. The van der Waals surface area contributed by atoms with Gasteiger partial charge in [-0.1, -0.05) is 42.5 Å². The van der Waals surface area contributed by atoms with Crippen LogP contribution in [0.25, 0.3) is 0 Å². The Bertz CT molecular complexity index is 877. The highest BCUT2D eigenvalue weighted by Gasteiger charge is 2.19. The molecule has 1 heterocycles. The van der Waals surface area contributed by atoms with Crippen molar-refractivity contribution in [1.82, 2.24) is 15.2 Å². The Morgan fingerprint density at radius 1 is 1.07 bits per heavy atom. The van der Waals surface area contributed by atoms with Crippen molar-refractivity contribution < 1.29 is 9.72 Å². The van der Waals surface area contributed by atoms with Crippen LogP contribution < -0.4 is 5.43 Å². The normalized spacial score (nSPS) is 15.8. The molecule has 1 N–H and O–H groups in total. The second-order valence-electron chi connectivity index (χ2n) is 7.08. The lowest BCUT2D eigenvalue weighted by atomic mass is 10.1. The predicted octanol–water partition coefficient (Wildman–Crippen LogP) is 2.25. The number of hydrogen-bond donors (Lipinski definition) is 1. The molecule has 0 radical (unpaired) electrons. The van der Waals surface area contributed by atoms with Gasteiger partial charge in [0.15, 0.2) is 0 Å². The number of rotatable bonds is 7. The minimum absolute atomic E-state index is 0.00301. The molecule has 1 amide bonds. The van der Waals surface area contributed by atoms with Crippen LogP contribution in [-0.4, -0.2) is 59.1 Å². The highest BCUT2D eigenvalue weighted by molar-refractivity contribution is 5.99. The molecule has 0 spiro atoms. The average molecular weight is 395 g/mol. The molecular formula is C21H25N5O3. The number of nitro groups is 1. The van der Waals surface area contributed by atoms with Gasteiger partial charge >= 0.3 is 0 Å². The summed E-state index contributed by atoms with van der Waals surface area (Å²) in [5.74, 6) is -0.189. The molecule has 1 aliphatic heterocycles. The highest BCUT2D eigenvalue weighted by Crippen LogP contribution is 2.13. The van der Waals surface area contributed by atoms with E-state index in [0.717, 1.165) is 32.7 Å². The molecule has 1 aliphatic rings. The molecule has 8 heteroatoms. The Balaban J connectivity index is 1.44. The first-order chi connectivity index (χ1) is 14.0. The summed E-state index contributed by atoms with van der Waals surface area (Å²) in [6.45, 7) is 6.40. The topological polar surface area (TPSA) is 91.1 Å². The van der Waals surface area contributed by atoms with Crippen LogP contribution in [-0.2, 0) is 11.3 Å². The fourth-order valence-electron chi connectivity index (χ4n) is 3.24. The van der Waals surface area contributed by atoms with Crippen molar-refractivity contribution in [3.63, 3.8) is 0 Å². The lowest BCUT2D eigenvalue weighted by Gasteiger charge is -2.34. The summed E-state index contributed by atoms with van der Waals surface area (Å²) in [6, 6.07) is 16.6. The van der Waals surface area contributed by atoms with Crippen molar-refractivity contribution >= 4 is 17.3 Å². The Labute approximate surface area is 170 Å². The van der Waals surface area contributed by atoms with Crippen molar-refractivity contribution in [2.24, 2.45) is 5.10 Å². The number of piperazine rings is 1. The molecule has 0 aromatic heterocycles. The summed E-state index contributed by atoms with van der Waals surface area (Å²) in [7, 11) is 0. The summed E-state index contributed by atoms with van der Waals surface area (Å²) >= 11 is 0. The monoisotopic (exact) mass is 395 g/mol. The van der Waals surface area contributed by atoms with Crippen molar-refractivity contribution in [2.45, 2.75) is 13.5 Å². The predicted molar refractivity (Wildman–Crippen MR) is 112 cm³/mol. The third-order valence-corrected chi connectivity index (χ3v) is 4.90. The van der Waals surface area contributed by atoms with Gasteiger partial charge in [-0.05, 0) is 12.5 Å². The first kappa shape index (κ1) is 20.6. The van der Waals surface area contributed by atoms with Gasteiger partial charge in [0, 0.05) is 50.4 Å². The minimum atomic E-state index is -0.452. The van der Waals surface area contributed by atoms with E-state index in [1.54, 1.807) is 19.1 Å². The van der Waals surface area contributed by atoms with Gasteiger partial charge in [0.05, 0.1) is 17.2 Å². The zero-order chi connectivity index (χ0) is 20.6. The Kier molecular flexibility index (Phi) is 7.04. The molecule has 3 rings (SSSR count). The van der Waals surface area contributed by atoms with Gasteiger partial charge in [0.1, 0.15) is 0 Å². The van der Waals surface area contributed by atoms with Gasteiger partial charge in [-0.3, -0.25) is 24.7 Å². The molecule has 0 aliphatic carbocycles. The van der Waals surface area contributed by atoms with Crippen LogP contribution >= 0.6 is 0 Å². The molecule has 1 saturated heterocycles. The quantitative estimate of drug-likeness (QED) is 0.441. The number of nitrogens with zero attached hydrogens (tertiary/aromatic N) is 4. The summed E-state index contributed by atoms with van der Waals surface area (Å²) in [5.41, 5.74) is 4.97. The van der Waals surface area contributed by atoms with Crippen LogP contribution in [0.5, 0.6) is 0 Å². The van der Waals surface area contributed by atoms with E-state index in [2.05, 4.69) is 32.5 Å². The molecule has 0 bridgehead atoms. The molecule has 152 valence electrons. The molecule has 2 aromatic rings. The Hall–Kier alpha value is -3.10. The lowest BCUT2D eigenvalue weighted by Crippen LogP contribution is -2.48. The molecule has 0 unspecified atom stereocenters. The molecule has 0 atom stereocenters. The van der Waals surface area contributed by atoms with Crippen LogP contribution in [0.1, 0.15) is 18.1 Å². The molecule has 1 fully saturated rings. The largest absolute Gasteiger partial charge is 0.297 e. The fraction of sp³-hybridized carbons (Fsp3) is 0.333. The molecule has 0 saturated carbocycles. The van der Waals surface area contributed by atoms with Crippen molar-refractivity contribution in [2.75, 3.05) is 32.7 Å². The number of hydrogen-bond acceptors (Lipinski definition) is 6. The van der Waals surface area contributed by atoms with E-state index in [4.69, 9.17) is 0 Å². The van der Waals surface area contributed by atoms with E-state index in [9.17, 15) is 14.9 Å². The van der Waals surface area contributed by atoms with Crippen LogP contribution in [0.3, 0.4) is 0 Å². The SMILES string of the molecule is C/C(=N/NC(=O)CN1CCN(Cc2ccccc2)CC1)c1cccc([N+](=O)[O-])c1. The number of benzene rings is 2. The number of amides is 1. The fourth-order valence-corrected chi connectivity index (χ4v) is 3.24. The number of carbonyl (C=O) groups excluding carboxylic acids is 1. The zero-order valence-corrected chi connectivity index (χ0v) is 16.5. The first-order valence-corrected chi connectivity index (χ1v) is 9.58. The number of non-ortho nitro benzene ring substituents is 1. The van der Waals surface area contributed by atoms with Crippen LogP contribution in [0.2, 0.25) is 0 Å². The number of carbonyl (C=O) groups is 1. The summed E-state index contributed by atoms with van der Waals surface area (Å²) < 4.78 is 0. The second kappa shape index (κ2) is 9.90. The number of nitro benzene ring substituents is 1. The second-order valence-corrected chi connectivity index (χ2v) is 7.08. The van der Waals surface area contributed by atoms with Crippen molar-refractivity contribution in [1.29, 1.82) is 0 Å². The van der Waals surface area contributed by atoms with Crippen LogP contribution in [0.4, 0.5) is 5.69 Å². The molecular weight excluding hydrogens is 370 g/mol. The van der Waals surface area contributed by atoms with Gasteiger partial charge in [0.2, 0.25) is 0 Å². The van der Waals surface area contributed by atoms with E-state index >= 15 is 0 Å². The van der Waals surface area contributed by atoms with Crippen molar-refractivity contribution in [3.8, 4) is 0 Å². The van der Waals surface area contributed by atoms with Crippen LogP contribution in [0.15, 0.2) is 59.7 Å². The molecule has 8 nitrogen and oxygen atoms in total. The average Bonchev–Trinajstić information content (AvgIpc) is 2.74. The van der Waals surface area contributed by atoms with E-state index in [-0.39, 0.29) is 18.1 Å². The van der Waals surface area contributed by atoms with Gasteiger partial charge in [0.25, 0.3) is 11.6 Å². The van der Waals surface area contributed by atoms with E-state index in [0.29, 0.717) is 11.3 Å². The number of nitrogens with one attached hydrogen (secondary N) is 1. The van der Waals surface area contributed by atoms with Gasteiger partial charge < -0.3 is 0 Å². The van der Waals surface area contributed by atoms with Gasteiger partial charge in [-0.25, -0.2) is 5.43 Å². The Morgan fingerprint density at radius 2 is 1.76 bits per heavy atom. The maximum atomic E-state index is 12.2. The maximum Gasteiger partial charge on any atom is 0.270 e. The standard InChI is InChI=1S/C21H25N5O3/c1-17(19-8-5-9-20(14-19)26(28)29)22-23-21(27)16-25-12-10-24(11-13-25)15-18-6-3-2-4-7-18/h2-9,14H,10-13,15-16H2,1H3,(H,23,27)/b22-17-. The van der Waals surface area contributed by atoms with E-state index < -0.39 is 4.92 Å². The highest BCUT2D eigenvalue weighted by atomic mass is 16.6. The first-order valence-electron chi connectivity index (χ1n) is 9.58. The maximum absolute atomic E-state index is 12.2. The summed E-state index contributed by atoms with van der Waals surface area (Å²) in [6.07, 6.45) is 0. The van der Waals surface area contributed by atoms with E-state index in [1.807, 2.05) is 18.2 Å². The van der Waals surface area contributed by atoms with Crippen molar-refractivity contribution in [3.05, 3.63) is 75.8 Å². The van der Waals surface area contributed by atoms with Gasteiger partial charge in [-0.2, -0.15) is 5.10 Å².